The molecule has 0 aromatic heterocycles. The minimum absolute atomic E-state index is 0.0892. The summed E-state index contributed by atoms with van der Waals surface area (Å²) in [6.45, 7) is 8.74. The molecule has 0 saturated heterocycles. The van der Waals surface area contributed by atoms with Crippen LogP contribution in [-0.2, 0) is 11.0 Å². The number of hydrogen-bond donors (Lipinski definition) is 1. The lowest BCUT2D eigenvalue weighted by Crippen LogP contribution is -2.41. The second kappa shape index (κ2) is 6.48. The van der Waals surface area contributed by atoms with Gasteiger partial charge in [-0.2, -0.15) is 13.2 Å². The zero-order valence-corrected chi connectivity index (χ0v) is 13.7. The highest BCUT2D eigenvalue weighted by Crippen LogP contribution is 2.34. The Kier molecular flexibility index (Phi) is 5.61. The maximum absolute atomic E-state index is 13.3. The first kappa shape index (κ1) is 18.2. The van der Waals surface area contributed by atoms with Crippen LogP contribution >= 0.6 is 0 Å². The molecule has 1 N–H and O–H groups in total. The summed E-state index contributed by atoms with van der Waals surface area (Å²) >= 11 is 0. The Balaban J connectivity index is 3.15. The molecule has 0 saturated carbocycles. The zero-order chi connectivity index (χ0) is 16.4. The van der Waals surface area contributed by atoms with Crippen LogP contribution in [-0.4, -0.2) is 15.1 Å². The van der Waals surface area contributed by atoms with Crippen molar-refractivity contribution in [1.82, 2.24) is 4.72 Å². The van der Waals surface area contributed by atoms with Gasteiger partial charge in [0.05, 0.1) is 15.7 Å². The standard InChI is InChI=1S/C15H22F3NOS/c1-10(2)11-7-6-8-12(9-11)13(15(16,17)18)19-21(20)14(3,4)5/h6-10,13,19H,1-5H3/t13-,21?/m1/s1. The molecule has 0 spiro atoms. The van der Waals surface area contributed by atoms with Crippen molar-refractivity contribution >= 4 is 11.0 Å². The summed E-state index contributed by atoms with van der Waals surface area (Å²) < 4.78 is 53.3. The molecule has 0 aliphatic carbocycles. The van der Waals surface area contributed by atoms with Crippen LogP contribution in [0, 0.1) is 0 Å². The summed E-state index contributed by atoms with van der Waals surface area (Å²) in [4.78, 5) is 0. The van der Waals surface area contributed by atoms with E-state index >= 15 is 0 Å². The zero-order valence-electron chi connectivity index (χ0n) is 12.9. The van der Waals surface area contributed by atoms with Crippen molar-refractivity contribution in [2.45, 2.75) is 57.5 Å². The van der Waals surface area contributed by atoms with Crippen LogP contribution < -0.4 is 4.72 Å². The minimum atomic E-state index is -4.50. The number of nitrogens with one attached hydrogen (secondary N) is 1. The molecule has 1 aromatic carbocycles. The first-order chi connectivity index (χ1) is 9.43. The second-order valence-corrected chi connectivity index (χ2v) is 8.30. The van der Waals surface area contributed by atoms with Gasteiger partial charge in [0.2, 0.25) is 0 Å². The molecule has 0 aliphatic heterocycles. The summed E-state index contributed by atoms with van der Waals surface area (Å²) in [6, 6.07) is 4.40. The van der Waals surface area contributed by atoms with E-state index in [4.69, 9.17) is 0 Å². The van der Waals surface area contributed by atoms with Gasteiger partial charge in [0, 0.05) is 0 Å². The lowest BCUT2D eigenvalue weighted by molar-refractivity contribution is -0.152. The van der Waals surface area contributed by atoms with Gasteiger partial charge in [-0.3, -0.25) is 0 Å². The van der Waals surface area contributed by atoms with Crippen molar-refractivity contribution < 1.29 is 17.4 Å². The van der Waals surface area contributed by atoms with Gasteiger partial charge in [-0.05, 0) is 37.8 Å². The van der Waals surface area contributed by atoms with E-state index in [1.54, 1.807) is 32.9 Å². The lowest BCUT2D eigenvalue weighted by atomic mass is 9.98. The molecule has 0 amide bonds. The fourth-order valence-electron chi connectivity index (χ4n) is 1.71. The van der Waals surface area contributed by atoms with Crippen molar-refractivity contribution in [2.75, 3.05) is 0 Å². The highest BCUT2D eigenvalue weighted by molar-refractivity contribution is 7.84. The molecule has 0 radical (unpaired) electrons. The van der Waals surface area contributed by atoms with Gasteiger partial charge in [0.15, 0.2) is 0 Å². The molecule has 2 nitrogen and oxygen atoms in total. The molecule has 6 heteroatoms. The minimum Gasteiger partial charge on any atom is -0.242 e. The van der Waals surface area contributed by atoms with Crippen molar-refractivity contribution in [3.63, 3.8) is 0 Å². The third kappa shape index (κ3) is 5.11. The summed E-state index contributed by atoms with van der Waals surface area (Å²) in [5.74, 6) is 0.131. The molecule has 0 fully saturated rings. The van der Waals surface area contributed by atoms with Gasteiger partial charge >= 0.3 is 6.18 Å². The van der Waals surface area contributed by atoms with Crippen LogP contribution in [0.3, 0.4) is 0 Å². The maximum atomic E-state index is 13.3. The van der Waals surface area contributed by atoms with E-state index in [-0.39, 0.29) is 11.5 Å². The van der Waals surface area contributed by atoms with Crippen LogP contribution in [0.15, 0.2) is 24.3 Å². The molecular weight excluding hydrogens is 299 g/mol. The monoisotopic (exact) mass is 321 g/mol. The SMILES string of the molecule is CC(C)c1cccc([C@@H](NS(=O)C(C)(C)C)C(F)(F)F)c1. The largest absolute Gasteiger partial charge is 0.408 e. The summed E-state index contributed by atoms with van der Waals surface area (Å²) in [5, 5.41) is 0. The van der Waals surface area contributed by atoms with Gasteiger partial charge in [0.1, 0.15) is 6.04 Å². The average molecular weight is 321 g/mol. The Morgan fingerprint density at radius 3 is 2.05 bits per heavy atom. The third-order valence-corrected chi connectivity index (χ3v) is 4.58. The van der Waals surface area contributed by atoms with Crippen molar-refractivity contribution in [3.05, 3.63) is 35.4 Å². The Labute approximate surface area is 126 Å². The van der Waals surface area contributed by atoms with Gasteiger partial charge in [-0.1, -0.05) is 38.1 Å². The highest BCUT2D eigenvalue weighted by Gasteiger charge is 2.43. The van der Waals surface area contributed by atoms with Crippen LogP contribution in [0.25, 0.3) is 0 Å². The molecular formula is C15H22F3NOS. The lowest BCUT2D eigenvalue weighted by Gasteiger charge is -2.26. The van der Waals surface area contributed by atoms with E-state index in [1.165, 1.54) is 12.1 Å². The summed E-state index contributed by atoms with van der Waals surface area (Å²) in [6.07, 6.45) is -4.50. The van der Waals surface area contributed by atoms with E-state index in [0.717, 1.165) is 5.56 Å². The van der Waals surface area contributed by atoms with Crippen molar-refractivity contribution in [1.29, 1.82) is 0 Å². The fraction of sp³-hybridized carbons (Fsp3) is 0.600. The molecule has 0 heterocycles. The highest BCUT2D eigenvalue weighted by atomic mass is 32.2. The van der Waals surface area contributed by atoms with Gasteiger partial charge in [-0.25, -0.2) is 8.93 Å². The van der Waals surface area contributed by atoms with Crippen molar-refractivity contribution in [2.24, 2.45) is 0 Å². The van der Waals surface area contributed by atoms with Gasteiger partial charge < -0.3 is 0 Å². The van der Waals surface area contributed by atoms with Crippen LogP contribution in [0.4, 0.5) is 13.2 Å². The van der Waals surface area contributed by atoms with E-state index in [0.29, 0.717) is 0 Å². The van der Waals surface area contributed by atoms with E-state index in [1.807, 2.05) is 13.8 Å². The Bertz CT molecular complexity index is 506. The first-order valence-corrected chi connectivity index (χ1v) is 7.92. The fourth-order valence-corrected chi connectivity index (χ4v) is 2.54. The van der Waals surface area contributed by atoms with Crippen LogP contribution in [0.5, 0.6) is 0 Å². The normalized spacial score (nSPS) is 16.0. The first-order valence-electron chi connectivity index (χ1n) is 6.77. The predicted molar refractivity (Wildman–Crippen MR) is 80.4 cm³/mol. The Morgan fingerprint density at radius 2 is 1.62 bits per heavy atom. The molecule has 1 unspecified atom stereocenters. The van der Waals surface area contributed by atoms with E-state index < -0.39 is 28.0 Å². The molecule has 1 rings (SSSR count). The van der Waals surface area contributed by atoms with E-state index in [9.17, 15) is 17.4 Å². The van der Waals surface area contributed by atoms with Crippen LogP contribution in [0.2, 0.25) is 0 Å². The molecule has 2 atom stereocenters. The van der Waals surface area contributed by atoms with Crippen molar-refractivity contribution in [3.8, 4) is 0 Å². The van der Waals surface area contributed by atoms with E-state index in [2.05, 4.69) is 4.72 Å². The Hall–Kier alpha value is -0.880. The number of halogens is 3. The molecule has 21 heavy (non-hydrogen) atoms. The number of hydrogen-bond acceptors (Lipinski definition) is 1. The average Bonchev–Trinajstić information content (AvgIpc) is 2.33. The number of alkyl halides is 3. The summed E-state index contributed by atoms with van der Waals surface area (Å²) in [7, 11) is -1.80. The number of rotatable bonds is 4. The smallest absolute Gasteiger partial charge is 0.242 e. The number of benzene rings is 1. The molecule has 0 bridgehead atoms. The topological polar surface area (TPSA) is 29.1 Å². The molecule has 1 aromatic rings. The quantitative estimate of drug-likeness (QED) is 0.871. The second-order valence-electron chi connectivity index (χ2n) is 6.30. The maximum Gasteiger partial charge on any atom is 0.408 e. The Morgan fingerprint density at radius 1 is 1.10 bits per heavy atom. The third-order valence-electron chi connectivity index (χ3n) is 3.02. The summed E-state index contributed by atoms with van der Waals surface area (Å²) in [5.41, 5.74) is 0.913. The van der Waals surface area contributed by atoms with Gasteiger partial charge in [0.25, 0.3) is 0 Å². The molecule has 0 aliphatic rings. The van der Waals surface area contributed by atoms with Gasteiger partial charge in [-0.15, -0.1) is 0 Å². The molecule has 120 valence electrons. The predicted octanol–water partition coefficient (Wildman–Crippen LogP) is 4.47. The van der Waals surface area contributed by atoms with Crippen LogP contribution in [0.1, 0.15) is 57.7 Å².